The fraction of sp³-hybridized carbons (Fsp3) is 0.571. The third-order valence-corrected chi connectivity index (χ3v) is 6.43. The van der Waals surface area contributed by atoms with Gasteiger partial charge in [-0.1, -0.05) is 19.4 Å². The van der Waals surface area contributed by atoms with Gasteiger partial charge in [0.1, 0.15) is 5.75 Å². The van der Waals surface area contributed by atoms with Gasteiger partial charge in [-0.3, -0.25) is 19.2 Å². The van der Waals surface area contributed by atoms with Crippen molar-refractivity contribution in [3.8, 4) is 5.75 Å². The van der Waals surface area contributed by atoms with Crippen molar-refractivity contribution >= 4 is 45.1 Å². The van der Waals surface area contributed by atoms with Crippen LogP contribution in [0.1, 0.15) is 63.9 Å². The number of carbonyl (C=O) groups excluding carboxylic acids is 4. The number of phenols is 1. The van der Waals surface area contributed by atoms with Crippen molar-refractivity contribution in [2.45, 2.75) is 70.8 Å². The number of amides is 3. The zero-order valence-electron chi connectivity index (χ0n) is 23.2. The molecule has 0 aliphatic heterocycles. The summed E-state index contributed by atoms with van der Waals surface area (Å²) < 4.78 is 5.19. The molecule has 1 atom stereocenters. The van der Waals surface area contributed by atoms with E-state index in [1.807, 2.05) is 0 Å². The average Bonchev–Trinajstić information content (AvgIpc) is 2.90. The highest BCUT2D eigenvalue weighted by atomic mass is 79.9. The zero-order chi connectivity index (χ0) is 29.8. The van der Waals surface area contributed by atoms with Crippen molar-refractivity contribution in [3.63, 3.8) is 0 Å². The van der Waals surface area contributed by atoms with Crippen LogP contribution < -0.4 is 21.7 Å². The van der Waals surface area contributed by atoms with Gasteiger partial charge in [0, 0.05) is 44.5 Å². The Morgan fingerprint density at radius 3 is 2.48 bits per heavy atom. The number of aliphatic hydroxyl groups is 1. The van der Waals surface area contributed by atoms with Crippen molar-refractivity contribution in [1.29, 1.82) is 0 Å². The number of ketones is 1. The van der Waals surface area contributed by atoms with Gasteiger partial charge < -0.3 is 36.6 Å². The molecule has 0 aromatic heterocycles. The van der Waals surface area contributed by atoms with Crippen LogP contribution in [-0.2, 0) is 30.3 Å². The van der Waals surface area contributed by atoms with Gasteiger partial charge >= 0.3 is 0 Å². The van der Waals surface area contributed by atoms with E-state index in [9.17, 15) is 24.3 Å². The van der Waals surface area contributed by atoms with Crippen molar-refractivity contribution in [1.82, 2.24) is 10.6 Å². The molecule has 0 saturated carbocycles. The molecule has 224 valence electrons. The molecule has 0 radical (unpaired) electrons. The van der Waals surface area contributed by atoms with Gasteiger partial charge in [0.15, 0.2) is 5.78 Å². The minimum Gasteiger partial charge on any atom is -0.506 e. The van der Waals surface area contributed by atoms with E-state index < -0.39 is 5.91 Å². The molecule has 7 N–H and O–H groups in total. The van der Waals surface area contributed by atoms with E-state index in [0.29, 0.717) is 44.5 Å². The smallest absolute Gasteiger partial charge is 0.245 e. The molecule has 0 fully saturated rings. The highest BCUT2D eigenvalue weighted by Gasteiger charge is 2.12. The number of unbranched alkanes of at least 4 members (excludes halogenated alkanes) is 1. The topological polar surface area (TPSA) is 180 Å². The highest BCUT2D eigenvalue weighted by Crippen LogP contribution is 2.25. The lowest BCUT2D eigenvalue weighted by Crippen LogP contribution is -2.27. The Morgan fingerprint density at radius 2 is 1.75 bits per heavy atom. The first-order valence-electron chi connectivity index (χ1n) is 13.7. The van der Waals surface area contributed by atoms with Crippen molar-refractivity contribution in [2.75, 3.05) is 38.2 Å². The minimum atomic E-state index is -0.461. The van der Waals surface area contributed by atoms with Crippen LogP contribution in [0.3, 0.4) is 0 Å². The van der Waals surface area contributed by atoms with Crippen LogP contribution in [0.2, 0.25) is 0 Å². The number of Topliss-reactive ketones (excluding diaryl/α,β-unsaturated/α-hetero) is 1. The molecule has 0 aliphatic carbocycles. The maximum atomic E-state index is 12.3. The summed E-state index contributed by atoms with van der Waals surface area (Å²) >= 11 is 3.13. The van der Waals surface area contributed by atoms with Gasteiger partial charge in [-0.05, 0) is 65.7 Å². The number of carbonyl (C=O) groups is 4. The lowest BCUT2D eigenvalue weighted by Gasteiger charge is -2.13. The summed E-state index contributed by atoms with van der Waals surface area (Å²) in [6, 6.07) is 5.05. The first-order chi connectivity index (χ1) is 19.2. The summed E-state index contributed by atoms with van der Waals surface area (Å²) in [7, 11) is 0. The van der Waals surface area contributed by atoms with Crippen LogP contribution >= 0.6 is 15.9 Å². The number of anilines is 1. The van der Waals surface area contributed by atoms with Gasteiger partial charge in [0.25, 0.3) is 0 Å². The predicted molar refractivity (Wildman–Crippen MR) is 157 cm³/mol. The van der Waals surface area contributed by atoms with E-state index >= 15 is 0 Å². The van der Waals surface area contributed by atoms with E-state index in [1.54, 1.807) is 12.1 Å². The quantitative estimate of drug-likeness (QED) is 0.0683. The monoisotopic (exact) mass is 626 g/mol. The molecule has 1 aromatic rings. The molecule has 11 nitrogen and oxygen atoms in total. The van der Waals surface area contributed by atoms with Crippen LogP contribution in [0, 0.1) is 0 Å². The van der Waals surface area contributed by atoms with Gasteiger partial charge in [-0.25, -0.2) is 0 Å². The van der Waals surface area contributed by atoms with Crippen LogP contribution in [-0.4, -0.2) is 72.7 Å². The molecule has 1 aromatic carbocycles. The second-order valence-corrected chi connectivity index (χ2v) is 10.2. The fourth-order valence-electron chi connectivity index (χ4n) is 3.71. The summed E-state index contributed by atoms with van der Waals surface area (Å²) in [6.07, 6.45) is 5.67. The third-order valence-electron chi connectivity index (χ3n) is 5.76. The number of allylic oxidation sites excluding steroid dienone is 1. The molecule has 0 saturated heterocycles. The van der Waals surface area contributed by atoms with E-state index in [1.165, 1.54) is 6.07 Å². The number of ether oxygens (including phenoxy) is 1. The average molecular weight is 628 g/mol. The number of nitrogens with two attached hydrogens (primary N) is 1. The first-order valence-corrected chi connectivity index (χ1v) is 14.5. The number of aromatic hydroxyl groups is 1. The summed E-state index contributed by atoms with van der Waals surface area (Å²) in [4.78, 5) is 48.4. The van der Waals surface area contributed by atoms with Crippen molar-refractivity contribution in [2.24, 2.45) is 5.73 Å². The Morgan fingerprint density at radius 1 is 1.02 bits per heavy atom. The lowest BCUT2D eigenvalue weighted by molar-refractivity contribution is -0.121. The normalized spacial score (nSPS) is 12.1. The molecule has 0 unspecified atom stereocenters. The lowest BCUT2D eigenvalue weighted by atomic mass is 10.0. The molecule has 40 heavy (non-hydrogen) atoms. The third kappa shape index (κ3) is 16.3. The summed E-state index contributed by atoms with van der Waals surface area (Å²) in [5.74, 6) is -1.17. The Bertz CT molecular complexity index is 987. The molecule has 0 heterocycles. The standard InChI is InChI=1S/C28H43BrN4O7/c1-2-6-21(30)17-20-10-11-25(36)23(18-20)33-27(38)9-5-12-31-28(39)19-22(29)24(35)7-3-4-8-26(37)32-13-15-40-16-14-34/h10-11,18-19,21,34,36H,2-9,12-17,30H2,1H3,(H,31,39)(H,32,37)(H,33,38)/b22-19-/t21-/m1/s1. The van der Waals surface area contributed by atoms with E-state index in [4.69, 9.17) is 15.6 Å². The summed E-state index contributed by atoms with van der Waals surface area (Å²) in [6.45, 7) is 3.15. The van der Waals surface area contributed by atoms with Gasteiger partial charge in [-0.2, -0.15) is 0 Å². The number of halogens is 1. The second kappa shape index (κ2) is 21.0. The number of aliphatic hydroxyl groups excluding tert-OH is 1. The van der Waals surface area contributed by atoms with Gasteiger partial charge in [0.05, 0.1) is 30.0 Å². The van der Waals surface area contributed by atoms with E-state index in [2.05, 4.69) is 38.8 Å². The number of benzene rings is 1. The molecular formula is C28H43BrN4O7. The summed E-state index contributed by atoms with van der Waals surface area (Å²) in [5, 5.41) is 26.7. The Balaban J connectivity index is 2.28. The number of rotatable bonds is 21. The van der Waals surface area contributed by atoms with Crippen LogP contribution in [0.25, 0.3) is 0 Å². The molecule has 0 bridgehead atoms. The number of hydrogen-bond donors (Lipinski definition) is 6. The van der Waals surface area contributed by atoms with Crippen LogP contribution in [0.5, 0.6) is 5.75 Å². The highest BCUT2D eigenvalue weighted by molar-refractivity contribution is 9.12. The SMILES string of the molecule is CCC[C@@H](N)Cc1ccc(O)c(NC(=O)CCCNC(=O)/C=C(\Br)C(=O)CCCCC(=O)NCCOCCO)c1. The maximum Gasteiger partial charge on any atom is 0.245 e. The largest absolute Gasteiger partial charge is 0.506 e. The van der Waals surface area contributed by atoms with E-state index in [0.717, 1.165) is 24.5 Å². The van der Waals surface area contributed by atoms with Crippen LogP contribution in [0.15, 0.2) is 28.8 Å². The number of nitrogens with one attached hydrogen (secondary N) is 3. The molecule has 3 amide bonds. The van der Waals surface area contributed by atoms with E-state index in [-0.39, 0.29) is 72.9 Å². The molecule has 0 aliphatic rings. The molecule has 1 rings (SSSR count). The van der Waals surface area contributed by atoms with Gasteiger partial charge in [-0.15, -0.1) is 0 Å². The molecule has 0 spiro atoms. The first kappa shape index (κ1) is 35.2. The van der Waals surface area contributed by atoms with Crippen molar-refractivity contribution < 1.29 is 34.1 Å². The number of phenolic OH excluding ortho intramolecular Hbond substituents is 1. The fourth-order valence-corrected chi connectivity index (χ4v) is 4.12. The van der Waals surface area contributed by atoms with Crippen LogP contribution in [0.4, 0.5) is 5.69 Å². The zero-order valence-corrected chi connectivity index (χ0v) is 24.8. The maximum absolute atomic E-state index is 12.3. The Labute approximate surface area is 244 Å². The summed E-state index contributed by atoms with van der Waals surface area (Å²) in [5.41, 5.74) is 7.34. The molecular weight excluding hydrogens is 584 g/mol. The van der Waals surface area contributed by atoms with Gasteiger partial charge in [0.2, 0.25) is 17.7 Å². The molecule has 12 heteroatoms. The minimum absolute atomic E-state index is 0.0133. The predicted octanol–water partition coefficient (Wildman–Crippen LogP) is 2.43. The second-order valence-electron chi connectivity index (χ2n) is 9.36. The number of hydrogen-bond acceptors (Lipinski definition) is 8. The Hall–Kier alpha value is -2.80. The Kier molecular flexibility index (Phi) is 18.5. The van der Waals surface area contributed by atoms with Crippen molar-refractivity contribution in [3.05, 3.63) is 34.3 Å².